The Morgan fingerprint density at radius 3 is 2.68 bits per heavy atom. The van der Waals surface area contributed by atoms with Gasteiger partial charge in [-0.15, -0.1) is 0 Å². The first-order valence-corrected chi connectivity index (χ1v) is 10.4. The van der Waals surface area contributed by atoms with E-state index in [1.54, 1.807) is 0 Å². The highest BCUT2D eigenvalue weighted by Gasteiger charge is 2.43. The molecule has 3 aromatic heterocycles. The van der Waals surface area contributed by atoms with Crippen molar-refractivity contribution < 1.29 is 30.0 Å². The second kappa shape index (κ2) is 9.70. The van der Waals surface area contributed by atoms with Crippen LogP contribution < -0.4 is 11.5 Å². The molecule has 34 heavy (non-hydrogen) atoms. The first-order valence-electron chi connectivity index (χ1n) is 10.4. The van der Waals surface area contributed by atoms with Crippen molar-refractivity contribution in [2.45, 2.75) is 37.0 Å². The molecular formula is C21H25N7O6. The molecule has 0 spiro atoms. The van der Waals surface area contributed by atoms with Crippen molar-refractivity contribution in [1.29, 1.82) is 0 Å². The minimum atomic E-state index is -1.19. The number of fused-ring (bicyclic) bond motifs is 2. The number of carboxylic acid groups (broad SMARTS) is 1. The molecular weight excluding hydrogens is 446 g/mol. The molecule has 13 heteroatoms. The number of carboxylic acids is 1. The number of benzene rings is 1. The second-order valence-corrected chi connectivity index (χ2v) is 7.82. The highest BCUT2D eigenvalue weighted by molar-refractivity contribution is 5.84. The molecule has 1 aromatic carbocycles. The van der Waals surface area contributed by atoms with Gasteiger partial charge in [0.1, 0.15) is 36.2 Å². The number of H-pyrrole nitrogens is 1. The number of nitrogen functional groups attached to an aromatic ring is 1. The molecule has 180 valence electrons. The lowest BCUT2D eigenvalue weighted by atomic mass is 10.1. The number of para-hydroxylation sites is 1. The van der Waals surface area contributed by atoms with Crippen molar-refractivity contribution in [3.8, 4) is 0 Å². The molecule has 0 bridgehead atoms. The quantitative estimate of drug-likeness (QED) is 0.190. The summed E-state index contributed by atoms with van der Waals surface area (Å²) in [6.07, 6.45) is 0.737. The third kappa shape index (κ3) is 4.42. The van der Waals surface area contributed by atoms with Gasteiger partial charge in [-0.25, -0.2) is 15.0 Å². The van der Waals surface area contributed by atoms with Gasteiger partial charge in [-0.1, -0.05) is 18.2 Å². The van der Waals surface area contributed by atoms with Gasteiger partial charge in [0.15, 0.2) is 17.7 Å². The van der Waals surface area contributed by atoms with Gasteiger partial charge in [0.05, 0.1) is 12.9 Å². The molecule has 5 rings (SSSR count). The van der Waals surface area contributed by atoms with Crippen molar-refractivity contribution in [2.75, 3.05) is 12.3 Å². The number of anilines is 1. The molecule has 5 atom stereocenters. The van der Waals surface area contributed by atoms with Crippen LogP contribution in [-0.2, 0) is 16.0 Å². The number of nitrogens with two attached hydrogens (primary N) is 2. The number of aliphatic hydroxyl groups is 3. The number of nitrogens with zero attached hydrogens (tertiary/aromatic N) is 4. The molecule has 0 amide bonds. The summed E-state index contributed by atoms with van der Waals surface area (Å²) in [5, 5.41) is 38.5. The smallest absolute Gasteiger partial charge is 0.320 e. The average molecular weight is 471 g/mol. The summed E-state index contributed by atoms with van der Waals surface area (Å²) in [5.41, 5.74) is 13.9. The molecule has 4 aromatic rings. The lowest BCUT2D eigenvalue weighted by molar-refractivity contribution is -0.138. The highest BCUT2D eigenvalue weighted by atomic mass is 16.6. The number of hydrogen-bond donors (Lipinski definition) is 7. The fraction of sp³-hybridized carbons (Fsp3) is 0.333. The van der Waals surface area contributed by atoms with Crippen LogP contribution in [0.4, 0.5) is 5.82 Å². The second-order valence-electron chi connectivity index (χ2n) is 7.82. The van der Waals surface area contributed by atoms with Gasteiger partial charge in [-0.05, 0) is 11.6 Å². The third-order valence-electron chi connectivity index (χ3n) is 5.61. The molecule has 1 saturated heterocycles. The molecule has 13 nitrogen and oxygen atoms in total. The van der Waals surface area contributed by atoms with Crippen molar-refractivity contribution in [3.63, 3.8) is 0 Å². The van der Waals surface area contributed by atoms with Crippen LogP contribution >= 0.6 is 0 Å². The fourth-order valence-corrected chi connectivity index (χ4v) is 3.79. The van der Waals surface area contributed by atoms with E-state index in [9.17, 15) is 15.0 Å². The van der Waals surface area contributed by atoms with Crippen molar-refractivity contribution in [2.24, 2.45) is 5.73 Å². The Morgan fingerprint density at radius 2 is 1.97 bits per heavy atom. The van der Waals surface area contributed by atoms with Gasteiger partial charge in [0.2, 0.25) is 0 Å². The summed E-state index contributed by atoms with van der Waals surface area (Å²) in [4.78, 5) is 25.6. The molecule has 1 aliphatic rings. The largest absolute Gasteiger partial charge is 0.480 e. The highest BCUT2D eigenvalue weighted by Crippen LogP contribution is 2.31. The number of ether oxygens (including phenoxy) is 1. The summed E-state index contributed by atoms with van der Waals surface area (Å²) in [7, 11) is 0. The zero-order valence-electron chi connectivity index (χ0n) is 17.9. The minimum absolute atomic E-state index is 0.218. The van der Waals surface area contributed by atoms with Gasteiger partial charge in [-0.2, -0.15) is 0 Å². The predicted molar refractivity (Wildman–Crippen MR) is 120 cm³/mol. The van der Waals surface area contributed by atoms with Gasteiger partial charge in [-0.3, -0.25) is 9.36 Å². The lowest BCUT2D eigenvalue weighted by Gasteiger charge is -2.16. The minimum Gasteiger partial charge on any atom is -0.480 e. The van der Waals surface area contributed by atoms with Gasteiger partial charge in [0, 0.05) is 23.5 Å². The van der Waals surface area contributed by atoms with E-state index in [2.05, 4.69) is 19.9 Å². The number of aliphatic carboxylic acids is 1. The van der Waals surface area contributed by atoms with E-state index < -0.39 is 43.2 Å². The predicted octanol–water partition coefficient (Wildman–Crippen LogP) is -0.858. The van der Waals surface area contributed by atoms with Gasteiger partial charge in [0.25, 0.3) is 0 Å². The van der Waals surface area contributed by atoms with E-state index in [1.807, 2.05) is 30.5 Å². The topological polar surface area (TPSA) is 219 Å². The molecule has 4 heterocycles. The number of aromatic amines is 1. The summed E-state index contributed by atoms with van der Waals surface area (Å²) in [6, 6.07) is 6.91. The number of carbonyl (C=O) groups is 1. The number of aliphatic hydroxyl groups excluding tert-OH is 3. The first-order chi connectivity index (χ1) is 16.3. The zero-order valence-corrected chi connectivity index (χ0v) is 17.9. The monoisotopic (exact) mass is 471 g/mol. The number of hydrogen-bond acceptors (Lipinski definition) is 10. The van der Waals surface area contributed by atoms with E-state index in [0.717, 1.165) is 16.5 Å². The van der Waals surface area contributed by atoms with Gasteiger partial charge < -0.3 is 41.6 Å². The van der Waals surface area contributed by atoms with Crippen LogP contribution in [0, 0.1) is 0 Å². The fourth-order valence-electron chi connectivity index (χ4n) is 3.79. The molecule has 0 saturated carbocycles. The van der Waals surface area contributed by atoms with Crippen LogP contribution in [0.3, 0.4) is 0 Å². The molecule has 1 aliphatic heterocycles. The summed E-state index contributed by atoms with van der Waals surface area (Å²) < 4.78 is 6.85. The Bertz CT molecular complexity index is 1290. The summed E-state index contributed by atoms with van der Waals surface area (Å²) in [6.45, 7) is -0.390. The number of nitrogens with one attached hydrogen (secondary N) is 1. The Morgan fingerprint density at radius 1 is 1.21 bits per heavy atom. The van der Waals surface area contributed by atoms with E-state index in [0.29, 0.717) is 17.6 Å². The van der Waals surface area contributed by atoms with E-state index in [1.165, 1.54) is 17.2 Å². The maximum atomic E-state index is 10.6. The van der Waals surface area contributed by atoms with Crippen molar-refractivity contribution >= 4 is 33.9 Å². The molecule has 0 radical (unpaired) electrons. The number of aromatic nitrogens is 5. The lowest BCUT2D eigenvalue weighted by Crippen LogP contribution is -2.33. The Balaban J connectivity index is 0.000000166. The first kappa shape index (κ1) is 23.5. The summed E-state index contributed by atoms with van der Waals surface area (Å²) >= 11 is 0. The van der Waals surface area contributed by atoms with Crippen LogP contribution in [0.5, 0.6) is 0 Å². The van der Waals surface area contributed by atoms with Crippen molar-refractivity contribution in [1.82, 2.24) is 24.5 Å². The average Bonchev–Trinajstić information content (AvgIpc) is 3.52. The Kier molecular flexibility index (Phi) is 6.72. The van der Waals surface area contributed by atoms with Gasteiger partial charge >= 0.3 is 5.97 Å². The molecule has 0 aliphatic carbocycles. The van der Waals surface area contributed by atoms with Crippen LogP contribution in [0.15, 0.2) is 43.1 Å². The normalized spacial score (nSPS) is 23.1. The molecule has 9 N–H and O–H groups in total. The number of rotatable bonds is 5. The van der Waals surface area contributed by atoms with Crippen LogP contribution in [-0.4, -0.2) is 81.9 Å². The van der Waals surface area contributed by atoms with Crippen LogP contribution in [0.25, 0.3) is 22.1 Å². The third-order valence-corrected chi connectivity index (χ3v) is 5.61. The molecule has 1 fully saturated rings. The SMILES string of the molecule is NC(Cc1c[nH]c2ccccc12)C(=O)O.Nc1ncnc2c1ncn2[C@@H]1O[C@H](CO)[C@@H](O)[C@H]1O. The maximum absolute atomic E-state index is 10.6. The van der Waals surface area contributed by atoms with Crippen LogP contribution in [0.2, 0.25) is 0 Å². The van der Waals surface area contributed by atoms with Crippen molar-refractivity contribution in [3.05, 3.63) is 48.7 Å². The standard InChI is InChI=1S/C11H12N2O2.C10H13N5O4/c12-9(11(14)15)5-7-6-13-10-4-2-1-3-8(7)10;11-8-5-9(13-2-12-8)15(3-14-5)10-7(18)6(17)4(1-16)19-10/h1-4,6,9,13H,5,12H2,(H,14,15);2-4,6-7,10,16-18H,1H2,(H2,11,12,13)/t;4-,6-,7-,10-/m.1/s1. The van der Waals surface area contributed by atoms with E-state index in [-0.39, 0.29) is 5.82 Å². The van der Waals surface area contributed by atoms with E-state index in [4.69, 9.17) is 26.4 Å². The number of imidazole rings is 1. The Labute approximate surface area is 192 Å². The van der Waals surface area contributed by atoms with E-state index >= 15 is 0 Å². The summed E-state index contributed by atoms with van der Waals surface area (Å²) in [5.74, 6) is -0.754. The zero-order chi connectivity index (χ0) is 24.4. The van der Waals surface area contributed by atoms with Crippen LogP contribution in [0.1, 0.15) is 11.8 Å². The molecule has 1 unspecified atom stereocenters. The maximum Gasteiger partial charge on any atom is 0.320 e. The Hall–Kier alpha value is -3.62.